The molecule has 0 unspecified atom stereocenters. The summed E-state index contributed by atoms with van der Waals surface area (Å²) in [4.78, 5) is 18.2. The van der Waals surface area contributed by atoms with Crippen molar-refractivity contribution in [1.82, 2.24) is 19.7 Å². The number of carbonyl (C=O) groups is 1. The molecule has 3 heterocycles. The molecule has 5 heteroatoms. The molecule has 2 aromatic heterocycles. The molecule has 0 fully saturated rings. The zero-order chi connectivity index (χ0) is 16.7. The Bertz CT molecular complexity index is 859. The normalized spacial score (nSPS) is 15.2. The summed E-state index contributed by atoms with van der Waals surface area (Å²) >= 11 is 0. The number of hydrogen-bond donors (Lipinski definition) is 1. The van der Waals surface area contributed by atoms with Crippen LogP contribution in [-0.2, 0) is 13.0 Å². The average molecular weight is 322 g/mol. The number of amides is 1. The molecule has 124 valence electrons. The maximum atomic E-state index is 13.0. The van der Waals surface area contributed by atoms with Gasteiger partial charge in [-0.05, 0) is 43.7 Å². The van der Waals surface area contributed by atoms with E-state index in [1.54, 1.807) is 11.1 Å². The molecular weight excluding hydrogens is 300 g/mol. The van der Waals surface area contributed by atoms with E-state index in [1.807, 2.05) is 23.9 Å². The van der Waals surface area contributed by atoms with Gasteiger partial charge in [0, 0.05) is 24.8 Å². The number of nitrogens with one attached hydrogen (secondary N) is 1. The van der Waals surface area contributed by atoms with Gasteiger partial charge in [-0.1, -0.05) is 18.2 Å². The molecule has 5 nitrogen and oxygen atoms in total. The Balaban J connectivity index is 1.61. The largest absolute Gasteiger partial charge is 0.357 e. The van der Waals surface area contributed by atoms with E-state index in [9.17, 15) is 4.79 Å². The van der Waals surface area contributed by atoms with Crippen LogP contribution >= 0.6 is 0 Å². The molecule has 1 aliphatic rings. The Kier molecular flexibility index (Phi) is 3.63. The fourth-order valence-corrected chi connectivity index (χ4v) is 3.50. The molecule has 1 N–H and O–H groups in total. The van der Waals surface area contributed by atoms with Crippen LogP contribution in [0.25, 0.3) is 10.9 Å². The monoisotopic (exact) mass is 322 g/mol. The van der Waals surface area contributed by atoms with Crippen molar-refractivity contribution < 1.29 is 4.79 Å². The van der Waals surface area contributed by atoms with Crippen LogP contribution in [-0.4, -0.2) is 32.6 Å². The lowest BCUT2D eigenvalue weighted by molar-refractivity contribution is 0.0738. The van der Waals surface area contributed by atoms with Gasteiger partial charge in [-0.3, -0.25) is 9.48 Å². The highest BCUT2D eigenvalue weighted by Gasteiger charge is 2.25. The quantitative estimate of drug-likeness (QED) is 0.802. The zero-order valence-corrected chi connectivity index (χ0v) is 14.1. The molecule has 3 aromatic rings. The fraction of sp³-hybridized carbons (Fsp3) is 0.368. The summed E-state index contributed by atoms with van der Waals surface area (Å²) in [7, 11) is 1.87. The van der Waals surface area contributed by atoms with Gasteiger partial charge in [0.15, 0.2) is 0 Å². The number of fused-ring (bicyclic) bond motifs is 2. The third-order valence-electron chi connectivity index (χ3n) is 5.11. The number of para-hydroxylation sites is 1. The summed E-state index contributed by atoms with van der Waals surface area (Å²) in [5.74, 6) is 0.0457. The predicted molar refractivity (Wildman–Crippen MR) is 94.0 cm³/mol. The van der Waals surface area contributed by atoms with Crippen LogP contribution in [0.1, 0.15) is 47.6 Å². The van der Waals surface area contributed by atoms with Crippen molar-refractivity contribution in [2.45, 2.75) is 38.8 Å². The third kappa shape index (κ3) is 2.40. The topological polar surface area (TPSA) is 53.9 Å². The van der Waals surface area contributed by atoms with Gasteiger partial charge in [0.05, 0.1) is 23.5 Å². The van der Waals surface area contributed by atoms with Gasteiger partial charge in [-0.2, -0.15) is 5.10 Å². The van der Waals surface area contributed by atoms with Crippen molar-refractivity contribution in [3.63, 3.8) is 0 Å². The van der Waals surface area contributed by atoms with Gasteiger partial charge >= 0.3 is 0 Å². The predicted octanol–water partition coefficient (Wildman–Crippen LogP) is 3.53. The molecule has 1 aliphatic heterocycles. The van der Waals surface area contributed by atoms with E-state index in [1.165, 1.54) is 5.39 Å². The lowest BCUT2D eigenvalue weighted by Crippen LogP contribution is -2.30. The minimum atomic E-state index is -0.0240. The standard InChI is InChI=1S/C19H22N4O/c1-13(17-11-14-7-3-4-8-16(14)21-17)22(2)19(24)15-12-20-23-10-6-5-9-18(15)23/h3-4,7-8,11-13,21H,5-6,9-10H2,1-2H3/t13-/m1/s1. The van der Waals surface area contributed by atoms with E-state index in [2.05, 4.69) is 35.2 Å². The molecule has 4 rings (SSSR count). The summed E-state index contributed by atoms with van der Waals surface area (Å²) in [6.07, 6.45) is 4.95. The van der Waals surface area contributed by atoms with E-state index < -0.39 is 0 Å². The molecule has 0 spiro atoms. The highest BCUT2D eigenvalue weighted by atomic mass is 16.2. The number of benzene rings is 1. The molecule has 1 aromatic carbocycles. The van der Waals surface area contributed by atoms with E-state index in [4.69, 9.17) is 0 Å². The van der Waals surface area contributed by atoms with Gasteiger partial charge in [0.25, 0.3) is 5.91 Å². The molecule has 0 aliphatic carbocycles. The molecule has 0 saturated carbocycles. The van der Waals surface area contributed by atoms with Crippen molar-refractivity contribution in [3.05, 3.63) is 53.5 Å². The van der Waals surface area contributed by atoms with Gasteiger partial charge in [-0.25, -0.2) is 0 Å². The first kappa shape index (κ1) is 15.0. The van der Waals surface area contributed by atoms with E-state index >= 15 is 0 Å². The maximum absolute atomic E-state index is 13.0. The average Bonchev–Trinajstić information content (AvgIpc) is 3.23. The number of aromatic nitrogens is 3. The number of aryl methyl sites for hydroxylation is 1. The van der Waals surface area contributed by atoms with Crippen LogP contribution in [0.2, 0.25) is 0 Å². The number of hydrogen-bond acceptors (Lipinski definition) is 2. The van der Waals surface area contributed by atoms with Crippen molar-refractivity contribution in [3.8, 4) is 0 Å². The number of H-pyrrole nitrogens is 1. The van der Waals surface area contributed by atoms with Gasteiger partial charge in [0.2, 0.25) is 0 Å². The Labute approximate surface area is 141 Å². The van der Waals surface area contributed by atoms with Crippen LogP contribution in [0.15, 0.2) is 36.5 Å². The Hall–Kier alpha value is -2.56. The van der Waals surface area contributed by atoms with Crippen LogP contribution in [0.5, 0.6) is 0 Å². The Morgan fingerprint density at radius 3 is 3.00 bits per heavy atom. The number of aromatic amines is 1. The van der Waals surface area contributed by atoms with Crippen LogP contribution in [0.4, 0.5) is 0 Å². The molecule has 0 bridgehead atoms. The maximum Gasteiger partial charge on any atom is 0.257 e. The minimum absolute atomic E-state index is 0.0240. The van der Waals surface area contributed by atoms with E-state index in [0.29, 0.717) is 0 Å². The summed E-state index contributed by atoms with van der Waals surface area (Å²) in [5.41, 5.74) is 3.98. The van der Waals surface area contributed by atoms with E-state index in [-0.39, 0.29) is 11.9 Å². The van der Waals surface area contributed by atoms with E-state index in [0.717, 1.165) is 48.3 Å². The second-order valence-electron chi connectivity index (χ2n) is 6.59. The van der Waals surface area contributed by atoms with Gasteiger partial charge in [-0.15, -0.1) is 0 Å². The third-order valence-corrected chi connectivity index (χ3v) is 5.11. The Morgan fingerprint density at radius 1 is 1.33 bits per heavy atom. The minimum Gasteiger partial charge on any atom is -0.357 e. The molecule has 0 saturated heterocycles. The van der Waals surface area contributed by atoms with Crippen molar-refractivity contribution in [2.75, 3.05) is 7.05 Å². The zero-order valence-electron chi connectivity index (χ0n) is 14.1. The van der Waals surface area contributed by atoms with Crippen molar-refractivity contribution in [1.29, 1.82) is 0 Å². The first-order valence-corrected chi connectivity index (χ1v) is 8.54. The number of carbonyl (C=O) groups excluding carboxylic acids is 1. The second kappa shape index (κ2) is 5.82. The smallest absolute Gasteiger partial charge is 0.257 e. The second-order valence-corrected chi connectivity index (χ2v) is 6.59. The summed E-state index contributed by atoms with van der Waals surface area (Å²) in [6, 6.07) is 10.3. The van der Waals surface area contributed by atoms with Crippen LogP contribution in [0.3, 0.4) is 0 Å². The first-order chi connectivity index (χ1) is 11.6. The van der Waals surface area contributed by atoms with Crippen LogP contribution < -0.4 is 0 Å². The molecule has 1 amide bonds. The molecule has 0 radical (unpaired) electrons. The molecular formula is C19H22N4O. The fourth-order valence-electron chi connectivity index (χ4n) is 3.50. The molecule has 1 atom stereocenters. The number of rotatable bonds is 3. The lowest BCUT2D eigenvalue weighted by Gasteiger charge is -2.25. The SMILES string of the molecule is C[C@H](c1cc2ccccc2[nH]1)N(C)C(=O)c1cnn2c1CCCC2. The first-order valence-electron chi connectivity index (χ1n) is 8.54. The molecule has 24 heavy (non-hydrogen) atoms. The Morgan fingerprint density at radius 2 is 2.17 bits per heavy atom. The highest BCUT2D eigenvalue weighted by Crippen LogP contribution is 2.26. The van der Waals surface area contributed by atoms with Crippen molar-refractivity contribution >= 4 is 16.8 Å². The van der Waals surface area contributed by atoms with Crippen LogP contribution in [0, 0.1) is 0 Å². The summed E-state index contributed by atoms with van der Waals surface area (Å²) in [6.45, 7) is 2.97. The summed E-state index contributed by atoms with van der Waals surface area (Å²) < 4.78 is 1.98. The van der Waals surface area contributed by atoms with Gasteiger partial charge < -0.3 is 9.88 Å². The lowest BCUT2D eigenvalue weighted by atomic mass is 10.1. The van der Waals surface area contributed by atoms with Crippen molar-refractivity contribution in [2.24, 2.45) is 0 Å². The number of nitrogens with zero attached hydrogens (tertiary/aromatic N) is 3. The highest BCUT2D eigenvalue weighted by molar-refractivity contribution is 5.95. The summed E-state index contributed by atoms with van der Waals surface area (Å²) in [5, 5.41) is 5.56. The van der Waals surface area contributed by atoms with Gasteiger partial charge in [0.1, 0.15) is 0 Å².